The Hall–Kier alpha value is -4.26. The van der Waals surface area contributed by atoms with Crippen molar-refractivity contribution < 1.29 is 14.3 Å². The lowest BCUT2D eigenvalue weighted by atomic mass is 10.1. The first-order valence-corrected chi connectivity index (χ1v) is 9.20. The lowest BCUT2D eigenvalue weighted by Crippen LogP contribution is -2.17. The van der Waals surface area contributed by atoms with E-state index in [1.54, 1.807) is 49.7 Å². The SMILES string of the molecule is COc1ccc(NC(=O)c2cc(C(=O)Nc3cccc4cccnc34)ccn2)cc1. The Bertz CT molecular complexity index is 1220. The van der Waals surface area contributed by atoms with E-state index in [9.17, 15) is 9.59 Å². The molecule has 0 aliphatic carbocycles. The van der Waals surface area contributed by atoms with Gasteiger partial charge in [-0.25, -0.2) is 0 Å². The van der Waals surface area contributed by atoms with Crippen molar-refractivity contribution in [1.29, 1.82) is 0 Å². The fraction of sp³-hybridized carbons (Fsp3) is 0.0435. The second-order valence-corrected chi connectivity index (χ2v) is 6.45. The number of carbonyl (C=O) groups excluding carboxylic acids is 2. The Morgan fingerprint density at radius 1 is 0.833 bits per heavy atom. The molecule has 2 aromatic carbocycles. The summed E-state index contributed by atoms with van der Waals surface area (Å²) in [4.78, 5) is 33.7. The van der Waals surface area contributed by atoms with Gasteiger partial charge in [0.2, 0.25) is 0 Å². The molecule has 30 heavy (non-hydrogen) atoms. The van der Waals surface area contributed by atoms with Gasteiger partial charge in [-0.3, -0.25) is 19.6 Å². The molecule has 0 unspecified atom stereocenters. The van der Waals surface area contributed by atoms with Crippen LogP contribution >= 0.6 is 0 Å². The first-order chi connectivity index (χ1) is 14.6. The predicted molar refractivity (Wildman–Crippen MR) is 115 cm³/mol. The van der Waals surface area contributed by atoms with Crippen molar-refractivity contribution in [3.05, 3.63) is 90.4 Å². The summed E-state index contributed by atoms with van der Waals surface area (Å²) in [7, 11) is 1.57. The largest absolute Gasteiger partial charge is 0.497 e. The van der Waals surface area contributed by atoms with Crippen molar-refractivity contribution in [1.82, 2.24) is 9.97 Å². The molecule has 2 amide bonds. The Morgan fingerprint density at radius 3 is 2.43 bits per heavy atom. The average Bonchev–Trinajstić information content (AvgIpc) is 2.80. The Labute approximate surface area is 172 Å². The number of fused-ring (bicyclic) bond motifs is 1. The number of aromatic nitrogens is 2. The standard InChI is InChI=1S/C23H18N4O3/c1-30-18-9-7-17(8-10-18)26-23(29)20-14-16(11-13-24-20)22(28)27-19-6-2-4-15-5-3-12-25-21(15)19/h2-14H,1H3,(H,26,29)(H,27,28). The minimum absolute atomic E-state index is 0.134. The first-order valence-electron chi connectivity index (χ1n) is 9.20. The van der Waals surface area contributed by atoms with Gasteiger partial charge >= 0.3 is 0 Å². The molecule has 0 aliphatic rings. The number of anilines is 2. The van der Waals surface area contributed by atoms with E-state index in [0.717, 1.165) is 5.39 Å². The number of pyridine rings is 2. The Kier molecular flexibility index (Phi) is 5.34. The van der Waals surface area contributed by atoms with Gasteiger partial charge in [0.15, 0.2) is 0 Å². The second kappa shape index (κ2) is 8.40. The fourth-order valence-corrected chi connectivity index (χ4v) is 2.96. The van der Waals surface area contributed by atoms with Crippen LogP contribution in [0.15, 0.2) is 79.1 Å². The van der Waals surface area contributed by atoms with Crippen LogP contribution in [-0.4, -0.2) is 28.9 Å². The minimum Gasteiger partial charge on any atom is -0.497 e. The molecule has 7 nitrogen and oxygen atoms in total. The highest BCUT2D eigenvalue weighted by Gasteiger charge is 2.14. The zero-order valence-electron chi connectivity index (χ0n) is 16.1. The van der Waals surface area contributed by atoms with Crippen LogP contribution in [0.2, 0.25) is 0 Å². The molecule has 148 valence electrons. The Morgan fingerprint density at radius 2 is 1.63 bits per heavy atom. The number of benzene rings is 2. The number of hydrogen-bond acceptors (Lipinski definition) is 5. The molecular formula is C23H18N4O3. The summed E-state index contributed by atoms with van der Waals surface area (Å²) < 4.78 is 5.10. The monoisotopic (exact) mass is 398 g/mol. The molecule has 4 rings (SSSR count). The maximum Gasteiger partial charge on any atom is 0.274 e. The molecule has 2 heterocycles. The molecule has 0 aliphatic heterocycles. The number of para-hydroxylation sites is 1. The average molecular weight is 398 g/mol. The van der Waals surface area contributed by atoms with Crippen molar-refractivity contribution in [3.63, 3.8) is 0 Å². The van der Waals surface area contributed by atoms with Crippen molar-refractivity contribution >= 4 is 34.1 Å². The van der Waals surface area contributed by atoms with Gasteiger partial charge in [0.25, 0.3) is 11.8 Å². The normalized spacial score (nSPS) is 10.4. The smallest absolute Gasteiger partial charge is 0.274 e. The second-order valence-electron chi connectivity index (χ2n) is 6.45. The Balaban J connectivity index is 1.52. The summed E-state index contributed by atoms with van der Waals surface area (Å²) >= 11 is 0. The molecule has 0 saturated heterocycles. The van der Waals surface area contributed by atoms with Crippen LogP contribution in [0.25, 0.3) is 10.9 Å². The lowest BCUT2D eigenvalue weighted by Gasteiger charge is -2.09. The van der Waals surface area contributed by atoms with E-state index < -0.39 is 5.91 Å². The van der Waals surface area contributed by atoms with Crippen molar-refractivity contribution in [2.45, 2.75) is 0 Å². The van der Waals surface area contributed by atoms with E-state index in [4.69, 9.17) is 4.74 Å². The zero-order chi connectivity index (χ0) is 20.9. The van der Waals surface area contributed by atoms with Gasteiger partial charge in [-0.15, -0.1) is 0 Å². The van der Waals surface area contributed by atoms with Crippen LogP contribution in [0.5, 0.6) is 5.75 Å². The van der Waals surface area contributed by atoms with Gasteiger partial charge < -0.3 is 15.4 Å². The molecule has 2 aromatic heterocycles. The first kappa shape index (κ1) is 19.1. The number of methoxy groups -OCH3 is 1. The van der Waals surface area contributed by atoms with Gasteiger partial charge in [-0.05, 0) is 48.5 Å². The lowest BCUT2D eigenvalue weighted by molar-refractivity contribution is 0.102. The van der Waals surface area contributed by atoms with Gasteiger partial charge in [-0.1, -0.05) is 18.2 Å². The van der Waals surface area contributed by atoms with Crippen LogP contribution in [0.3, 0.4) is 0 Å². The fourth-order valence-electron chi connectivity index (χ4n) is 2.96. The van der Waals surface area contributed by atoms with Crippen LogP contribution < -0.4 is 15.4 Å². The summed E-state index contributed by atoms with van der Waals surface area (Å²) in [5, 5.41) is 6.53. The third kappa shape index (κ3) is 4.10. The topological polar surface area (TPSA) is 93.2 Å². The summed E-state index contributed by atoms with van der Waals surface area (Å²) in [5.41, 5.74) is 2.34. The van der Waals surface area contributed by atoms with E-state index >= 15 is 0 Å². The van der Waals surface area contributed by atoms with E-state index in [0.29, 0.717) is 28.2 Å². The summed E-state index contributed by atoms with van der Waals surface area (Å²) in [6.45, 7) is 0. The van der Waals surface area contributed by atoms with Gasteiger partial charge in [0, 0.05) is 29.0 Å². The van der Waals surface area contributed by atoms with Gasteiger partial charge in [0.05, 0.1) is 18.3 Å². The number of hydrogen-bond donors (Lipinski definition) is 2. The molecule has 2 N–H and O–H groups in total. The number of nitrogens with one attached hydrogen (secondary N) is 2. The van der Waals surface area contributed by atoms with E-state index in [1.165, 1.54) is 12.3 Å². The molecule has 4 aromatic rings. The molecule has 0 bridgehead atoms. The van der Waals surface area contributed by atoms with Gasteiger partial charge in [0.1, 0.15) is 11.4 Å². The molecule has 7 heteroatoms. The third-order valence-electron chi connectivity index (χ3n) is 4.48. The molecule has 0 radical (unpaired) electrons. The molecule has 0 fully saturated rings. The predicted octanol–water partition coefficient (Wildman–Crippen LogP) is 4.14. The summed E-state index contributed by atoms with van der Waals surface area (Å²) in [5.74, 6) is -0.0802. The zero-order valence-corrected chi connectivity index (χ0v) is 16.1. The maximum absolute atomic E-state index is 12.7. The molecular weight excluding hydrogens is 380 g/mol. The summed E-state index contributed by atoms with van der Waals surface area (Å²) in [6.07, 6.45) is 3.10. The van der Waals surface area contributed by atoms with Crippen LogP contribution in [-0.2, 0) is 0 Å². The highest BCUT2D eigenvalue weighted by atomic mass is 16.5. The van der Waals surface area contributed by atoms with Crippen LogP contribution in [0.1, 0.15) is 20.8 Å². The van der Waals surface area contributed by atoms with Crippen molar-refractivity contribution in [2.24, 2.45) is 0 Å². The number of amides is 2. The highest BCUT2D eigenvalue weighted by Crippen LogP contribution is 2.21. The van der Waals surface area contributed by atoms with Crippen molar-refractivity contribution in [2.75, 3.05) is 17.7 Å². The summed E-state index contributed by atoms with van der Waals surface area (Å²) in [6, 6.07) is 19.2. The number of nitrogens with zero attached hydrogens (tertiary/aromatic N) is 2. The van der Waals surface area contributed by atoms with Crippen LogP contribution in [0, 0.1) is 0 Å². The number of ether oxygens (including phenoxy) is 1. The van der Waals surface area contributed by atoms with Gasteiger partial charge in [-0.2, -0.15) is 0 Å². The van der Waals surface area contributed by atoms with E-state index in [1.807, 2.05) is 24.3 Å². The minimum atomic E-state index is -0.415. The van der Waals surface area contributed by atoms with Crippen LogP contribution in [0.4, 0.5) is 11.4 Å². The molecule has 0 atom stereocenters. The highest BCUT2D eigenvalue weighted by molar-refractivity contribution is 6.10. The van der Waals surface area contributed by atoms with E-state index in [-0.39, 0.29) is 11.6 Å². The number of carbonyl (C=O) groups is 2. The molecule has 0 saturated carbocycles. The maximum atomic E-state index is 12.7. The molecule has 0 spiro atoms. The third-order valence-corrected chi connectivity index (χ3v) is 4.48. The van der Waals surface area contributed by atoms with E-state index in [2.05, 4.69) is 20.6 Å². The number of rotatable bonds is 5. The quantitative estimate of drug-likeness (QED) is 0.527. The van der Waals surface area contributed by atoms with Crippen molar-refractivity contribution in [3.8, 4) is 5.75 Å².